The molecule has 2 rings (SSSR count). The molecule has 1 aliphatic rings. The van der Waals surface area contributed by atoms with Gasteiger partial charge in [0.25, 0.3) is 0 Å². The van der Waals surface area contributed by atoms with Crippen LogP contribution in [-0.2, 0) is 0 Å². The minimum absolute atomic E-state index is 0.343. The first-order valence-corrected chi connectivity index (χ1v) is 7.85. The van der Waals surface area contributed by atoms with Gasteiger partial charge in [0, 0.05) is 16.2 Å². The average Bonchev–Trinajstić information content (AvgIpc) is 2.28. The summed E-state index contributed by atoms with van der Waals surface area (Å²) in [6, 6.07) is 7.11. The van der Waals surface area contributed by atoms with Crippen LogP contribution in [0, 0.1) is 25.7 Å². The van der Waals surface area contributed by atoms with Crippen LogP contribution >= 0.6 is 11.8 Å². The van der Waals surface area contributed by atoms with Crippen LogP contribution in [0.15, 0.2) is 23.1 Å². The van der Waals surface area contributed by atoms with Crippen LogP contribution in [0.1, 0.15) is 37.8 Å². The van der Waals surface area contributed by atoms with E-state index < -0.39 is 0 Å². The van der Waals surface area contributed by atoms with E-state index in [2.05, 4.69) is 45.9 Å². The van der Waals surface area contributed by atoms with Gasteiger partial charge < -0.3 is 5.73 Å². The van der Waals surface area contributed by atoms with Gasteiger partial charge in [0.15, 0.2) is 0 Å². The van der Waals surface area contributed by atoms with Crippen molar-refractivity contribution in [2.75, 3.05) is 0 Å². The second kappa shape index (κ2) is 5.66. The predicted molar refractivity (Wildman–Crippen MR) is 81.1 cm³/mol. The van der Waals surface area contributed by atoms with E-state index in [9.17, 15) is 0 Å². The van der Waals surface area contributed by atoms with Crippen LogP contribution < -0.4 is 5.73 Å². The molecule has 0 bridgehead atoms. The van der Waals surface area contributed by atoms with E-state index in [1.165, 1.54) is 28.9 Å². The van der Waals surface area contributed by atoms with Gasteiger partial charge in [-0.05, 0) is 61.8 Å². The average molecular weight is 263 g/mol. The van der Waals surface area contributed by atoms with Gasteiger partial charge in [-0.3, -0.25) is 0 Å². The molecular weight excluding hydrogens is 238 g/mol. The molecular formula is C16H25NS. The number of rotatable bonds is 2. The van der Waals surface area contributed by atoms with E-state index in [1.54, 1.807) is 0 Å². The fraction of sp³-hybridized carbons (Fsp3) is 0.625. The Bertz CT molecular complexity index is 404. The number of hydrogen-bond donors (Lipinski definition) is 1. The molecule has 1 aromatic carbocycles. The van der Waals surface area contributed by atoms with Crippen LogP contribution in [0.25, 0.3) is 0 Å². The Kier molecular flexibility index (Phi) is 4.39. The smallest absolute Gasteiger partial charge is 0.0272 e. The summed E-state index contributed by atoms with van der Waals surface area (Å²) < 4.78 is 0. The highest BCUT2D eigenvalue weighted by Crippen LogP contribution is 2.39. The maximum absolute atomic E-state index is 6.35. The van der Waals surface area contributed by atoms with Gasteiger partial charge >= 0.3 is 0 Å². The molecule has 1 saturated carbocycles. The van der Waals surface area contributed by atoms with Crippen LogP contribution in [-0.4, -0.2) is 11.3 Å². The fourth-order valence-corrected chi connectivity index (χ4v) is 4.37. The largest absolute Gasteiger partial charge is 0.327 e. The van der Waals surface area contributed by atoms with Crippen molar-refractivity contribution >= 4 is 11.8 Å². The highest BCUT2D eigenvalue weighted by Gasteiger charge is 2.32. The van der Waals surface area contributed by atoms with Crippen LogP contribution in [0.2, 0.25) is 0 Å². The third-order valence-electron chi connectivity index (χ3n) is 4.18. The Morgan fingerprint density at radius 2 is 1.83 bits per heavy atom. The van der Waals surface area contributed by atoms with E-state index in [1.807, 2.05) is 11.8 Å². The lowest BCUT2D eigenvalue weighted by Gasteiger charge is -2.37. The third-order valence-corrected chi connectivity index (χ3v) is 5.79. The second-order valence-electron chi connectivity index (χ2n) is 6.05. The quantitative estimate of drug-likeness (QED) is 0.867. The molecule has 2 N–H and O–H groups in total. The summed E-state index contributed by atoms with van der Waals surface area (Å²) in [4.78, 5) is 1.37. The number of benzene rings is 1. The minimum Gasteiger partial charge on any atom is -0.327 e. The molecule has 4 atom stereocenters. The molecule has 2 heteroatoms. The molecule has 0 heterocycles. The summed E-state index contributed by atoms with van der Waals surface area (Å²) in [5.41, 5.74) is 9.10. The highest BCUT2D eigenvalue weighted by molar-refractivity contribution is 8.00. The van der Waals surface area contributed by atoms with E-state index >= 15 is 0 Å². The minimum atomic E-state index is 0.343. The molecule has 1 fully saturated rings. The summed E-state index contributed by atoms with van der Waals surface area (Å²) in [6.45, 7) is 9.04. The van der Waals surface area contributed by atoms with Gasteiger partial charge in [-0.15, -0.1) is 11.8 Å². The summed E-state index contributed by atoms with van der Waals surface area (Å²) in [5, 5.41) is 0.573. The Labute approximate surface area is 116 Å². The van der Waals surface area contributed by atoms with Gasteiger partial charge in [-0.2, -0.15) is 0 Å². The summed E-state index contributed by atoms with van der Waals surface area (Å²) in [5.74, 6) is 1.50. The van der Waals surface area contributed by atoms with Gasteiger partial charge in [0.2, 0.25) is 0 Å². The first kappa shape index (κ1) is 14.0. The molecule has 0 aliphatic heterocycles. The van der Waals surface area contributed by atoms with E-state index in [4.69, 9.17) is 5.73 Å². The van der Waals surface area contributed by atoms with Crippen molar-refractivity contribution in [1.82, 2.24) is 0 Å². The number of nitrogens with two attached hydrogens (primary N) is 1. The van der Waals surface area contributed by atoms with E-state index in [-0.39, 0.29) is 0 Å². The zero-order valence-electron chi connectivity index (χ0n) is 11.9. The van der Waals surface area contributed by atoms with Crippen molar-refractivity contribution in [2.24, 2.45) is 17.6 Å². The van der Waals surface area contributed by atoms with Crippen LogP contribution in [0.4, 0.5) is 0 Å². The maximum Gasteiger partial charge on any atom is 0.0272 e. The standard InChI is InChI=1S/C16H25NS/c1-10-7-13(4)16(15(17)8-10)18-14-6-5-11(2)12(3)9-14/h5-6,9-10,13,15-16H,7-8,17H2,1-4H3. The van der Waals surface area contributed by atoms with Gasteiger partial charge in [0.05, 0.1) is 0 Å². The molecule has 0 amide bonds. The van der Waals surface area contributed by atoms with E-state index in [0.29, 0.717) is 11.3 Å². The number of aryl methyl sites for hydroxylation is 2. The lowest BCUT2D eigenvalue weighted by molar-refractivity contribution is 0.279. The zero-order chi connectivity index (χ0) is 13.3. The molecule has 4 unspecified atom stereocenters. The SMILES string of the molecule is Cc1ccc(SC2C(C)CC(C)CC2N)cc1C. The second-order valence-corrected chi connectivity index (χ2v) is 7.30. The lowest BCUT2D eigenvalue weighted by atomic mass is 9.80. The topological polar surface area (TPSA) is 26.0 Å². The summed E-state index contributed by atoms with van der Waals surface area (Å²) >= 11 is 1.98. The predicted octanol–water partition coefficient (Wildman–Crippen LogP) is 4.16. The van der Waals surface area contributed by atoms with Crippen molar-refractivity contribution in [3.63, 3.8) is 0 Å². The van der Waals surface area contributed by atoms with Crippen molar-refractivity contribution in [3.05, 3.63) is 29.3 Å². The molecule has 1 aromatic rings. The zero-order valence-corrected chi connectivity index (χ0v) is 12.8. The Balaban J connectivity index is 2.10. The normalized spacial score (nSPS) is 32.5. The molecule has 0 radical (unpaired) electrons. The molecule has 1 nitrogen and oxygen atoms in total. The lowest BCUT2D eigenvalue weighted by Crippen LogP contribution is -2.42. The van der Waals surface area contributed by atoms with Crippen molar-refractivity contribution < 1.29 is 0 Å². The van der Waals surface area contributed by atoms with Crippen molar-refractivity contribution in [3.8, 4) is 0 Å². The fourth-order valence-electron chi connectivity index (χ4n) is 3.03. The molecule has 0 spiro atoms. The Hall–Kier alpha value is -0.470. The van der Waals surface area contributed by atoms with Crippen LogP contribution in [0.3, 0.4) is 0 Å². The molecule has 0 aromatic heterocycles. The Morgan fingerprint density at radius 3 is 2.44 bits per heavy atom. The van der Waals surface area contributed by atoms with Gasteiger partial charge in [-0.25, -0.2) is 0 Å². The van der Waals surface area contributed by atoms with Gasteiger partial charge in [0.1, 0.15) is 0 Å². The molecule has 0 saturated heterocycles. The van der Waals surface area contributed by atoms with Gasteiger partial charge in [-0.1, -0.05) is 19.9 Å². The number of hydrogen-bond acceptors (Lipinski definition) is 2. The third kappa shape index (κ3) is 3.10. The first-order valence-electron chi connectivity index (χ1n) is 6.97. The molecule has 1 aliphatic carbocycles. The summed E-state index contributed by atoms with van der Waals surface area (Å²) in [6.07, 6.45) is 2.49. The maximum atomic E-state index is 6.35. The van der Waals surface area contributed by atoms with E-state index in [0.717, 1.165) is 11.8 Å². The van der Waals surface area contributed by atoms with Crippen LogP contribution in [0.5, 0.6) is 0 Å². The van der Waals surface area contributed by atoms with Crippen molar-refractivity contribution in [1.29, 1.82) is 0 Å². The first-order chi connectivity index (χ1) is 8.47. The number of thioether (sulfide) groups is 1. The molecule has 100 valence electrons. The summed E-state index contributed by atoms with van der Waals surface area (Å²) in [7, 11) is 0. The highest BCUT2D eigenvalue weighted by atomic mass is 32.2. The Morgan fingerprint density at radius 1 is 1.11 bits per heavy atom. The molecule has 18 heavy (non-hydrogen) atoms. The van der Waals surface area contributed by atoms with Crippen molar-refractivity contribution in [2.45, 2.75) is 56.7 Å². The monoisotopic (exact) mass is 263 g/mol.